The number of benzene rings is 2. The summed E-state index contributed by atoms with van der Waals surface area (Å²) in [6.45, 7) is 3.94. The van der Waals surface area contributed by atoms with Gasteiger partial charge in [0.05, 0.1) is 18.3 Å². The van der Waals surface area contributed by atoms with E-state index in [0.29, 0.717) is 40.5 Å². The van der Waals surface area contributed by atoms with Gasteiger partial charge in [0.15, 0.2) is 11.5 Å². The standard InChI is InChI=1S/C32H27F4N7O/c1-17(2)42-15-25(32(34,35)36)40-29(42)20-6-4-18(5-7-20)14-43-24-12-21(33)10-11-22(24)23-13-37-28(41-30(23)43)26-27(19-8-9-19)38-16-39-31(26)44-3/h4-7,10-13,15-17,19H,8-9,14H2,1-3H3. The first-order valence-electron chi connectivity index (χ1n) is 14.2. The van der Waals surface area contributed by atoms with Crippen LogP contribution in [0.4, 0.5) is 17.6 Å². The Labute approximate surface area is 249 Å². The molecule has 0 spiro atoms. The van der Waals surface area contributed by atoms with E-state index in [0.717, 1.165) is 41.1 Å². The smallest absolute Gasteiger partial charge is 0.434 e. The van der Waals surface area contributed by atoms with Gasteiger partial charge in [-0.25, -0.2) is 29.3 Å². The maximum Gasteiger partial charge on any atom is 0.434 e. The molecule has 2 aromatic carbocycles. The molecule has 0 amide bonds. The summed E-state index contributed by atoms with van der Waals surface area (Å²) in [5.41, 5.74) is 3.18. The average Bonchev–Trinajstić information content (AvgIpc) is 3.68. The molecule has 1 fully saturated rings. The van der Waals surface area contributed by atoms with Gasteiger partial charge in [-0.15, -0.1) is 0 Å². The van der Waals surface area contributed by atoms with Crippen molar-refractivity contribution >= 4 is 21.9 Å². The lowest BCUT2D eigenvalue weighted by Gasteiger charge is -2.13. The minimum absolute atomic E-state index is 0.219. The molecular formula is C32H27F4N7O. The molecule has 0 atom stereocenters. The second-order valence-corrected chi connectivity index (χ2v) is 11.2. The van der Waals surface area contributed by atoms with Crippen LogP contribution in [0.15, 0.2) is 61.2 Å². The summed E-state index contributed by atoms with van der Waals surface area (Å²) < 4.78 is 63.8. The molecule has 12 heteroatoms. The molecule has 44 heavy (non-hydrogen) atoms. The number of imidazole rings is 1. The first-order chi connectivity index (χ1) is 21.1. The third kappa shape index (κ3) is 4.83. The quantitative estimate of drug-likeness (QED) is 0.176. The van der Waals surface area contributed by atoms with Gasteiger partial charge >= 0.3 is 6.18 Å². The number of fused-ring (bicyclic) bond motifs is 3. The van der Waals surface area contributed by atoms with Gasteiger partial charge in [-0.2, -0.15) is 13.2 Å². The predicted molar refractivity (Wildman–Crippen MR) is 157 cm³/mol. The van der Waals surface area contributed by atoms with E-state index in [1.54, 1.807) is 31.5 Å². The van der Waals surface area contributed by atoms with Crippen LogP contribution in [0.5, 0.6) is 5.88 Å². The SMILES string of the molecule is COc1ncnc(C2CC2)c1-c1ncc2c3ccc(F)cc3n(Cc3ccc(-c4nc(C(F)(F)F)cn4C(C)C)cc3)c2n1. The zero-order valence-electron chi connectivity index (χ0n) is 24.1. The van der Waals surface area contributed by atoms with Crippen molar-refractivity contribution in [3.8, 4) is 28.7 Å². The van der Waals surface area contributed by atoms with E-state index in [2.05, 4.69) is 19.9 Å². The molecule has 7 rings (SSSR count). The second-order valence-electron chi connectivity index (χ2n) is 11.2. The second kappa shape index (κ2) is 10.4. The van der Waals surface area contributed by atoms with Crippen molar-refractivity contribution in [1.29, 1.82) is 0 Å². The van der Waals surface area contributed by atoms with Gasteiger partial charge < -0.3 is 13.9 Å². The van der Waals surface area contributed by atoms with Crippen molar-refractivity contribution in [2.45, 2.75) is 51.4 Å². The van der Waals surface area contributed by atoms with E-state index in [9.17, 15) is 17.6 Å². The molecule has 0 bridgehead atoms. The van der Waals surface area contributed by atoms with E-state index in [1.165, 1.54) is 23.0 Å². The van der Waals surface area contributed by atoms with Gasteiger partial charge in [0, 0.05) is 47.2 Å². The Morgan fingerprint density at radius 2 is 1.75 bits per heavy atom. The van der Waals surface area contributed by atoms with Gasteiger partial charge in [-0.1, -0.05) is 24.3 Å². The molecule has 1 aliphatic rings. The van der Waals surface area contributed by atoms with Crippen LogP contribution in [0.3, 0.4) is 0 Å². The van der Waals surface area contributed by atoms with Crippen LogP contribution in [0.1, 0.15) is 55.6 Å². The summed E-state index contributed by atoms with van der Waals surface area (Å²) in [5, 5.41) is 1.55. The zero-order valence-corrected chi connectivity index (χ0v) is 24.1. The Morgan fingerprint density at radius 3 is 2.43 bits per heavy atom. The van der Waals surface area contributed by atoms with E-state index in [-0.39, 0.29) is 23.6 Å². The van der Waals surface area contributed by atoms with E-state index < -0.39 is 11.9 Å². The first kappa shape index (κ1) is 27.9. The van der Waals surface area contributed by atoms with Crippen LogP contribution in [0.25, 0.3) is 44.7 Å². The summed E-state index contributed by atoms with van der Waals surface area (Å²) >= 11 is 0. The Bertz CT molecular complexity index is 2030. The molecule has 0 N–H and O–H groups in total. The normalized spacial score (nSPS) is 13.8. The zero-order chi connectivity index (χ0) is 30.7. The molecule has 0 saturated heterocycles. The van der Waals surface area contributed by atoms with E-state index in [1.807, 2.05) is 30.5 Å². The molecule has 4 aromatic heterocycles. The van der Waals surface area contributed by atoms with Gasteiger partial charge in [-0.05, 0) is 50.5 Å². The van der Waals surface area contributed by atoms with Crippen LogP contribution in [0, 0.1) is 5.82 Å². The van der Waals surface area contributed by atoms with Crippen molar-refractivity contribution < 1.29 is 22.3 Å². The van der Waals surface area contributed by atoms with E-state index in [4.69, 9.17) is 9.72 Å². The van der Waals surface area contributed by atoms with Gasteiger partial charge in [0.1, 0.15) is 29.2 Å². The van der Waals surface area contributed by atoms with Crippen LogP contribution in [-0.4, -0.2) is 41.2 Å². The number of methoxy groups -OCH3 is 1. The number of hydrogen-bond donors (Lipinski definition) is 0. The van der Waals surface area contributed by atoms with Gasteiger partial charge in [-0.3, -0.25) is 0 Å². The molecule has 0 aliphatic heterocycles. The number of hydrogen-bond acceptors (Lipinski definition) is 6. The monoisotopic (exact) mass is 601 g/mol. The third-order valence-electron chi connectivity index (χ3n) is 7.92. The molecular weight excluding hydrogens is 574 g/mol. The molecule has 4 heterocycles. The topological polar surface area (TPSA) is 83.5 Å². The minimum Gasteiger partial charge on any atom is -0.480 e. The molecule has 1 aliphatic carbocycles. The largest absolute Gasteiger partial charge is 0.480 e. The number of alkyl halides is 3. The number of nitrogens with zero attached hydrogens (tertiary/aromatic N) is 7. The fraction of sp³-hybridized carbons (Fsp3) is 0.281. The molecule has 0 radical (unpaired) electrons. The Balaban J connectivity index is 1.32. The van der Waals surface area contributed by atoms with Crippen LogP contribution in [-0.2, 0) is 12.7 Å². The molecule has 1 saturated carbocycles. The number of ether oxygens (including phenoxy) is 1. The van der Waals surface area contributed by atoms with Crippen LogP contribution in [0.2, 0.25) is 0 Å². The molecule has 224 valence electrons. The fourth-order valence-corrected chi connectivity index (χ4v) is 5.61. The fourth-order valence-electron chi connectivity index (χ4n) is 5.61. The maximum atomic E-state index is 14.5. The van der Waals surface area contributed by atoms with Crippen molar-refractivity contribution in [1.82, 2.24) is 34.1 Å². The van der Waals surface area contributed by atoms with Crippen molar-refractivity contribution in [3.63, 3.8) is 0 Å². The lowest BCUT2D eigenvalue weighted by atomic mass is 10.1. The molecule has 0 unspecified atom stereocenters. The van der Waals surface area contributed by atoms with Crippen molar-refractivity contribution in [2.75, 3.05) is 7.11 Å². The highest BCUT2D eigenvalue weighted by Crippen LogP contribution is 2.45. The predicted octanol–water partition coefficient (Wildman–Crippen LogP) is 7.58. The summed E-state index contributed by atoms with van der Waals surface area (Å²) in [4.78, 5) is 22.3. The van der Waals surface area contributed by atoms with Crippen LogP contribution >= 0.6 is 0 Å². The summed E-state index contributed by atoms with van der Waals surface area (Å²) in [6.07, 6.45) is 1.73. The summed E-state index contributed by atoms with van der Waals surface area (Å²) in [7, 11) is 1.54. The molecule has 8 nitrogen and oxygen atoms in total. The molecule has 6 aromatic rings. The minimum atomic E-state index is -4.54. The first-order valence-corrected chi connectivity index (χ1v) is 14.2. The van der Waals surface area contributed by atoms with Gasteiger partial charge in [0.25, 0.3) is 0 Å². The van der Waals surface area contributed by atoms with Gasteiger partial charge in [0.2, 0.25) is 5.88 Å². The average molecular weight is 602 g/mol. The lowest BCUT2D eigenvalue weighted by molar-refractivity contribution is -0.140. The third-order valence-corrected chi connectivity index (χ3v) is 7.92. The Hall–Kier alpha value is -4.87. The number of rotatable bonds is 7. The highest BCUT2D eigenvalue weighted by molar-refractivity contribution is 6.06. The number of aromatic nitrogens is 7. The highest BCUT2D eigenvalue weighted by atomic mass is 19.4. The van der Waals surface area contributed by atoms with Crippen LogP contribution < -0.4 is 4.74 Å². The summed E-state index contributed by atoms with van der Waals surface area (Å²) in [5.74, 6) is 0.941. The van der Waals surface area contributed by atoms with Crippen molar-refractivity contribution in [3.05, 3.63) is 84.0 Å². The lowest BCUT2D eigenvalue weighted by Crippen LogP contribution is -2.05. The Morgan fingerprint density at radius 1 is 0.977 bits per heavy atom. The van der Waals surface area contributed by atoms with Crippen molar-refractivity contribution in [2.24, 2.45) is 0 Å². The van der Waals surface area contributed by atoms with E-state index >= 15 is 0 Å². The summed E-state index contributed by atoms with van der Waals surface area (Å²) in [6, 6.07) is 11.5. The number of halogens is 4. The highest BCUT2D eigenvalue weighted by Gasteiger charge is 2.35. The maximum absolute atomic E-state index is 14.5. The Kier molecular flexibility index (Phi) is 6.60.